The van der Waals surface area contributed by atoms with Crippen LogP contribution in [0.3, 0.4) is 0 Å². The second-order valence-corrected chi connectivity index (χ2v) is 15.5. The molecule has 3 rings (SSSR count). The molecule has 2 aromatic carbocycles. The number of phenolic OH excluding ortho intramolecular Hbond substituents is 2. The highest BCUT2D eigenvalue weighted by Gasteiger charge is 2.25. The molecule has 42 heavy (non-hydrogen) atoms. The van der Waals surface area contributed by atoms with Crippen molar-refractivity contribution in [3.8, 4) is 11.5 Å². The lowest BCUT2D eigenvalue weighted by Crippen LogP contribution is -2.17. The van der Waals surface area contributed by atoms with E-state index in [1.165, 1.54) is 11.1 Å². The predicted molar refractivity (Wildman–Crippen MR) is 178 cm³/mol. The lowest BCUT2D eigenvalue weighted by molar-refractivity contribution is 0.443. The fraction of sp³-hybridized carbons (Fsp3) is 0.486. The van der Waals surface area contributed by atoms with Crippen molar-refractivity contribution in [3.05, 3.63) is 87.2 Å². The summed E-state index contributed by atoms with van der Waals surface area (Å²) in [5, 5.41) is 22.1. The number of phenols is 2. The fourth-order valence-electron chi connectivity index (χ4n) is 4.70. The minimum Gasteiger partial charge on any atom is -0.507 e. The summed E-state index contributed by atoms with van der Waals surface area (Å²) in [4.78, 5) is 14.0. The topological polar surface area (TPSA) is 78.1 Å². The van der Waals surface area contributed by atoms with Gasteiger partial charge in [-0.25, -0.2) is 0 Å². The van der Waals surface area contributed by atoms with Crippen molar-refractivity contribution in [2.45, 2.75) is 118 Å². The van der Waals surface area contributed by atoms with E-state index in [4.69, 9.17) is 4.98 Å². The summed E-state index contributed by atoms with van der Waals surface area (Å²) in [6.07, 6.45) is 3.51. The van der Waals surface area contributed by atoms with Crippen LogP contribution in [0.1, 0.15) is 128 Å². The van der Waals surface area contributed by atoms with Gasteiger partial charge in [-0.1, -0.05) is 101 Å². The van der Waals surface area contributed by atoms with Crippen LogP contribution in [-0.4, -0.2) is 27.6 Å². The van der Waals surface area contributed by atoms with E-state index < -0.39 is 0 Å². The Bertz CT molecular complexity index is 1360. The van der Waals surface area contributed by atoms with Crippen LogP contribution in [0, 0.1) is 0 Å². The molecule has 0 amide bonds. The van der Waals surface area contributed by atoms with Gasteiger partial charge in [-0.3, -0.25) is 15.0 Å². The maximum atomic E-state index is 11.0. The smallest absolute Gasteiger partial charge is 0.128 e. The molecule has 0 spiro atoms. The monoisotopic (exact) mass is 569 g/mol. The third-order valence-corrected chi connectivity index (χ3v) is 7.46. The van der Waals surface area contributed by atoms with Crippen molar-refractivity contribution in [2.75, 3.05) is 0 Å². The first-order chi connectivity index (χ1) is 19.2. The maximum absolute atomic E-state index is 11.0. The van der Waals surface area contributed by atoms with Crippen molar-refractivity contribution in [1.82, 2.24) is 4.98 Å². The molecule has 1 heterocycles. The highest BCUT2D eigenvalue weighted by atomic mass is 16.3. The molecule has 3 aromatic rings. The van der Waals surface area contributed by atoms with E-state index in [1.54, 1.807) is 12.4 Å². The average Bonchev–Trinajstić information content (AvgIpc) is 2.83. The van der Waals surface area contributed by atoms with Crippen LogP contribution in [0.25, 0.3) is 0 Å². The van der Waals surface area contributed by atoms with Crippen LogP contribution in [0.4, 0.5) is 0 Å². The number of rotatable bonds is 6. The van der Waals surface area contributed by atoms with Gasteiger partial charge >= 0.3 is 0 Å². The lowest BCUT2D eigenvalue weighted by Gasteiger charge is -2.27. The van der Waals surface area contributed by atoms with Crippen LogP contribution in [0.15, 0.2) is 52.4 Å². The first kappa shape index (κ1) is 33.0. The summed E-state index contributed by atoms with van der Waals surface area (Å²) < 4.78 is 0. The zero-order chi connectivity index (χ0) is 31.7. The number of benzene rings is 2. The van der Waals surface area contributed by atoms with Gasteiger partial charge in [0, 0.05) is 34.7 Å². The highest BCUT2D eigenvalue weighted by molar-refractivity contribution is 5.85. The molecule has 226 valence electrons. The van der Waals surface area contributed by atoms with Crippen LogP contribution >= 0.6 is 0 Å². The molecule has 0 aliphatic rings. The summed E-state index contributed by atoms with van der Waals surface area (Å²) in [5.41, 5.74) is 6.79. The van der Waals surface area contributed by atoms with E-state index in [0.717, 1.165) is 33.6 Å². The van der Waals surface area contributed by atoms with E-state index in [2.05, 4.69) is 105 Å². The number of pyridine rings is 1. The molecule has 0 saturated carbocycles. The van der Waals surface area contributed by atoms with Gasteiger partial charge in [0.2, 0.25) is 0 Å². The molecule has 0 saturated heterocycles. The molecule has 0 aliphatic heterocycles. The Kier molecular flexibility index (Phi) is 9.46. The summed E-state index contributed by atoms with van der Waals surface area (Å²) in [5.74, 6) is 0.562. The Morgan fingerprint density at radius 1 is 0.571 bits per heavy atom. The van der Waals surface area contributed by atoms with Gasteiger partial charge in [-0.15, -0.1) is 0 Å². The van der Waals surface area contributed by atoms with Gasteiger partial charge in [0.25, 0.3) is 0 Å². The van der Waals surface area contributed by atoms with Crippen LogP contribution in [-0.2, 0) is 34.7 Å². The zero-order valence-electron chi connectivity index (χ0n) is 27.8. The van der Waals surface area contributed by atoms with E-state index in [-0.39, 0.29) is 33.2 Å². The van der Waals surface area contributed by atoms with Gasteiger partial charge in [0.1, 0.15) is 11.5 Å². The Hall–Kier alpha value is -3.47. The SMILES string of the molecule is CC(C)(C)c1cc(C=NCc2cccc(CN=Cc3cc(C(C)(C)C)cc(C(C)(C)C)c3O)n2)c(O)c(C(C)(C)C)c1. The van der Waals surface area contributed by atoms with Gasteiger partial charge in [0.05, 0.1) is 24.5 Å². The highest BCUT2D eigenvalue weighted by Crippen LogP contribution is 2.38. The van der Waals surface area contributed by atoms with E-state index in [9.17, 15) is 10.2 Å². The standard InChI is InChI=1S/C37H51N3O2/c1-34(2,3)26-16-24(32(41)30(18-26)36(7,8)9)20-38-22-28-14-13-15-29(40-28)23-39-21-25-17-27(35(4,5)6)19-31(33(25)42)37(10,11)12/h13-21,41-42H,22-23H2,1-12H3. The maximum Gasteiger partial charge on any atom is 0.128 e. The fourth-order valence-corrected chi connectivity index (χ4v) is 4.70. The van der Waals surface area contributed by atoms with E-state index >= 15 is 0 Å². The first-order valence-electron chi connectivity index (χ1n) is 14.9. The zero-order valence-corrected chi connectivity index (χ0v) is 27.8. The molecule has 0 aliphatic carbocycles. The van der Waals surface area contributed by atoms with Crippen molar-refractivity contribution in [3.63, 3.8) is 0 Å². The molecule has 5 heteroatoms. The van der Waals surface area contributed by atoms with E-state index in [0.29, 0.717) is 13.1 Å². The second-order valence-electron chi connectivity index (χ2n) is 15.5. The van der Waals surface area contributed by atoms with Crippen LogP contribution < -0.4 is 0 Å². The van der Waals surface area contributed by atoms with E-state index in [1.807, 2.05) is 30.3 Å². The number of nitrogens with zero attached hydrogens (tertiary/aromatic N) is 3. The Morgan fingerprint density at radius 2 is 0.929 bits per heavy atom. The normalized spacial score (nSPS) is 13.4. The largest absolute Gasteiger partial charge is 0.507 e. The summed E-state index contributed by atoms with van der Waals surface area (Å²) in [6, 6.07) is 14.1. The van der Waals surface area contributed by atoms with Gasteiger partial charge < -0.3 is 10.2 Å². The third-order valence-electron chi connectivity index (χ3n) is 7.46. The Balaban J connectivity index is 1.82. The Morgan fingerprint density at radius 3 is 1.24 bits per heavy atom. The molecule has 0 unspecified atom stereocenters. The predicted octanol–water partition coefficient (Wildman–Crippen LogP) is 8.92. The summed E-state index contributed by atoms with van der Waals surface area (Å²) in [6.45, 7) is 26.5. The van der Waals surface area contributed by atoms with Crippen molar-refractivity contribution in [2.24, 2.45) is 9.98 Å². The summed E-state index contributed by atoms with van der Waals surface area (Å²) in [7, 11) is 0. The molecule has 0 fully saturated rings. The molecular formula is C37H51N3O2. The molecule has 0 atom stereocenters. The molecule has 0 bridgehead atoms. The first-order valence-corrected chi connectivity index (χ1v) is 14.9. The molecule has 0 radical (unpaired) electrons. The number of aromatic nitrogens is 1. The van der Waals surface area contributed by atoms with Crippen molar-refractivity contribution >= 4 is 12.4 Å². The van der Waals surface area contributed by atoms with Crippen molar-refractivity contribution in [1.29, 1.82) is 0 Å². The minimum absolute atomic E-state index is 0.0497. The van der Waals surface area contributed by atoms with Gasteiger partial charge in [-0.2, -0.15) is 0 Å². The Labute approximate surface area is 253 Å². The molecule has 1 aromatic heterocycles. The van der Waals surface area contributed by atoms with Crippen LogP contribution in [0.5, 0.6) is 11.5 Å². The third kappa shape index (κ3) is 8.30. The average molecular weight is 570 g/mol. The second kappa shape index (κ2) is 12.0. The van der Waals surface area contributed by atoms with Crippen molar-refractivity contribution < 1.29 is 10.2 Å². The lowest BCUT2D eigenvalue weighted by atomic mass is 9.79. The number of aromatic hydroxyl groups is 2. The minimum atomic E-state index is -0.191. The quantitative estimate of drug-likeness (QED) is 0.291. The van der Waals surface area contributed by atoms with Gasteiger partial charge in [0.15, 0.2) is 0 Å². The molecule has 5 nitrogen and oxygen atoms in total. The molecular weight excluding hydrogens is 518 g/mol. The number of aliphatic imine (C=N–C) groups is 2. The van der Waals surface area contributed by atoms with Crippen LogP contribution in [0.2, 0.25) is 0 Å². The van der Waals surface area contributed by atoms with Gasteiger partial charge in [-0.05, 0) is 57.1 Å². The number of hydrogen-bond donors (Lipinski definition) is 2. The molecule has 2 N–H and O–H groups in total. The summed E-state index contributed by atoms with van der Waals surface area (Å²) >= 11 is 0. The number of hydrogen-bond acceptors (Lipinski definition) is 5.